The number of rotatable bonds is 5. The van der Waals surface area contributed by atoms with Crippen LogP contribution in [-0.2, 0) is 11.3 Å². The van der Waals surface area contributed by atoms with E-state index >= 15 is 0 Å². The number of amides is 2. The fourth-order valence-electron chi connectivity index (χ4n) is 4.21. The van der Waals surface area contributed by atoms with Gasteiger partial charge in [-0.25, -0.2) is 0 Å². The van der Waals surface area contributed by atoms with E-state index in [1.807, 2.05) is 47.4 Å². The monoisotopic (exact) mass is 391 g/mol. The molecule has 5 heteroatoms. The zero-order valence-corrected chi connectivity index (χ0v) is 16.9. The topological polar surface area (TPSA) is 52.7 Å². The molecule has 0 radical (unpaired) electrons. The standard InChI is InChI=1S/C24H29N3O2/c28-23-10-7-17-27(23)18-19-11-13-20(14-12-19)24(29)25-21-8-3-4-9-22(21)26-15-5-1-2-6-16-26/h3-4,8-9,11-14H,1-2,5-7,10,15-18H2,(H,25,29). The molecule has 0 unspecified atom stereocenters. The Balaban J connectivity index is 1.43. The number of likely N-dealkylation sites (tertiary alicyclic amines) is 1. The molecule has 152 valence electrons. The number of nitrogens with one attached hydrogen (secondary N) is 1. The van der Waals surface area contributed by atoms with Crippen molar-refractivity contribution in [1.29, 1.82) is 0 Å². The minimum atomic E-state index is -0.101. The molecule has 0 spiro atoms. The Bertz CT molecular complexity index is 855. The van der Waals surface area contributed by atoms with Crippen LogP contribution in [0.5, 0.6) is 0 Å². The highest BCUT2D eigenvalue weighted by Crippen LogP contribution is 2.28. The average Bonchev–Trinajstić information content (AvgIpc) is 2.97. The lowest BCUT2D eigenvalue weighted by molar-refractivity contribution is -0.128. The fraction of sp³-hybridized carbons (Fsp3) is 0.417. The van der Waals surface area contributed by atoms with Crippen LogP contribution < -0.4 is 10.2 Å². The van der Waals surface area contributed by atoms with Crippen LogP contribution in [0.15, 0.2) is 48.5 Å². The van der Waals surface area contributed by atoms with Crippen molar-refractivity contribution < 1.29 is 9.59 Å². The summed E-state index contributed by atoms with van der Waals surface area (Å²) >= 11 is 0. The molecule has 2 saturated heterocycles. The molecule has 2 aliphatic heterocycles. The molecule has 2 fully saturated rings. The van der Waals surface area contributed by atoms with Gasteiger partial charge in [-0.2, -0.15) is 0 Å². The van der Waals surface area contributed by atoms with Crippen molar-refractivity contribution in [1.82, 2.24) is 4.90 Å². The molecule has 0 aromatic heterocycles. The lowest BCUT2D eigenvalue weighted by Gasteiger charge is -2.25. The van der Waals surface area contributed by atoms with E-state index in [9.17, 15) is 9.59 Å². The number of nitrogens with zero attached hydrogens (tertiary/aromatic N) is 2. The van der Waals surface area contributed by atoms with Gasteiger partial charge in [0.25, 0.3) is 5.91 Å². The molecule has 2 heterocycles. The molecular formula is C24H29N3O2. The molecule has 5 nitrogen and oxygen atoms in total. The maximum absolute atomic E-state index is 12.8. The molecule has 2 amide bonds. The Labute approximate surface area is 172 Å². The molecule has 0 bridgehead atoms. The number of hydrogen-bond acceptors (Lipinski definition) is 3. The SMILES string of the molecule is O=C(Nc1ccccc1N1CCCCCC1)c1ccc(CN2CCCC2=O)cc1. The van der Waals surface area contributed by atoms with Crippen LogP contribution >= 0.6 is 0 Å². The van der Waals surface area contributed by atoms with Crippen molar-refractivity contribution in [2.45, 2.75) is 45.1 Å². The smallest absolute Gasteiger partial charge is 0.255 e. The van der Waals surface area contributed by atoms with E-state index in [-0.39, 0.29) is 11.8 Å². The average molecular weight is 392 g/mol. The Hall–Kier alpha value is -2.82. The molecule has 0 atom stereocenters. The second-order valence-electron chi connectivity index (χ2n) is 7.99. The predicted molar refractivity (Wildman–Crippen MR) is 116 cm³/mol. The second kappa shape index (κ2) is 9.12. The van der Waals surface area contributed by atoms with E-state index in [0.717, 1.165) is 43.0 Å². The number of carbonyl (C=O) groups excluding carboxylic acids is 2. The van der Waals surface area contributed by atoms with Gasteiger partial charge < -0.3 is 15.1 Å². The summed E-state index contributed by atoms with van der Waals surface area (Å²) in [5.74, 6) is 0.119. The largest absolute Gasteiger partial charge is 0.370 e. The van der Waals surface area contributed by atoms with Gasteiger partial charge in [0.05, 0.1) is 11.4 Å². The fourth-order valence-corrected chi connectivity index (χ4v) is 4.21. The zero-order chi connectivity index (χ0) is 20.1. The second-order valence-corrected chi connectivity index (χ2v) is 7.99. The van der Waals surface area contributed by atoms with Gasteiger partial charge in [0.15, 0.2) is 0 Å². The van der Waals surface area contributed by atoms with Crippen molar-refractivity contribution in [2.24, 2.45) is 0 Å². The summed E-state index contributed by atoms with van der Waals surface area (Å²) < 4.78 is 0. The normalized spacial score (nSPS) is 17.3. The minimum absolute atomic E-state index is 0.101. The van der Waals surface area contributed by atoms with E-state index in [4.69, 9.17) is 0 Å². The van der Waals surface area contributed by atoms with Crippen LogP contribution in [0.4, 0.5) is 11.4 Å². The molecule has 2 aliphatic rings. The van der Waals surface area contributed by atoms with Gasteiger partial charge in [-0.15, -0.1) is 0 Å². The summed E-state index contributed by atoms with van der Waals surface area (Å²) in [6, 6.07) is 15.7. The van der Waals surface area contributed by atoms with Gasteiger partial charge in [-0.3, -0.25) is 9.59 Å². The lowest BCUT2D eigenvalue weighted by Crippen LogP contribution is -2.25. The maximum Gasteiger partial charge on any atom is 0.255 e. The predicted octanol–water partition coefficient (Wildman–Crippen LogP) is 4.44. The number of para-hydroxylation sites is 2. The number of hydrogen-bond donors (Lipinski definition) is 1. The number of carbonyl (C=O) groups is 2. The molecule has 0 aliphatic carbocycles. The molecule has 29 heavy (non-hydrogen) atoms. The van der Waals surface area contributed by atoms with Crippen LogP contribution in [0.1, 0.15) is 54.4 Å². The van der Waals surface area contributed by atoms with Gasteiger partial charge in [0, 0.05) is 38.2 Å². The number of anilines is 2. The lowest BCUT2D eigenvalue weighted by atomic mass is 10.1. The first kappa shape index (κ1) is 19.5. The van der Waals surface area contributed by atoms with Gasteiger partial charge >= 0.3 is 0 Å². The molecule has 0 saturated carbocycles. The van der Waals surface area contributed by atoms with Crippen LogP contribution in [-0.4, -0.2) is 36.3 Å². The molecular weight excluding hydrogens is 362 g/mol. The van der Waals surface area contributed by atoms with Crippen LogP contribution in [0.25, 0.3) is 0 Å². The minimum Gasteiger partial charge on any atom is -0.370 e. The van der Waals surface area contributed by atoms with Gasteiger partial charge in [0.1, 0.15) is 0 Å². The van der Waals surface area contributed by atoms with E-state index < -0.39 is 0 Å². The summed E-state index contributed by atoms with van der Waals surface area (Å²) in [4.78, 5) is 28.9. The first-order valence-corrected chi connectivity index (χ1v) is 10.7. The Kier molecular flexibility index (Phi) is 6.13. The molecule has 1 N–H and O–H groups in total. The summed E-state index contributed by atoms with van der Waals surface area (Å²) in [5.41, 5.74) is 3.66. The Morgan fingerprint density at radius 3 is 2.28 bits per heavy atom. The summed E-state index contributed by atoms with van der Waals surface area (Å²) in [5, 5.41) is 3.10. The van der Waals surface area contributed by atoms with Gasteiger partial charge in [0.2, 0.25) is 5.91 Å². The van der Waals surface area contributed by atoms with E-state index in [2.05, 4.69) is 16.3 Å². The van der Waals surface area contributed by atoms with Crippen molar-refractivity contribution in [3.63, 3.8) is 0 Å². The highest BCUT2D eigenvalue weighted by atomic mass is 16.2. The van der Waals surface area contributed by atoms with Crippen molar-refractivity contribution in [2.75, 3.05) is 29.9 Å². The first-order chi connectivity index (χ1) is 14.2. The first-order valence-electron chi connectivity index (χ1n) is 10.7. The van der Waals surface area contributed by atoms with E-state index in [0.29, 0.717) is 18.5 Å². The quantitative estimate of drug-likeness (QED) is 0.820. The van der Waals surface area contributed by atoms with E-state index in [1.165, 1.54) is 25.7 Å². The van der Waals surface area contributed by atoms with Crippen molar-refractivity contribution in [3.8, 4) is 0 Å². The van der Waals surface area contributed by atoms with Crippen molar-refractivity contribution >= 4 is 23.2 Å². The summed E-state index contributed by atoms with van der Waals surface area (Å²) in [7, 11) is 0. The highest BCUT2D eigenvalue weighted by molar-refractivity contribution is 6.06. The van der Waals surface area contributed by atoms with Crippen LogP contribution in [0.2, 0.25) is 0 Å². The van der Waals surface area contributed by atoms with Crippen LogP contribution in [0.3, 0.4) is 0 Å². The van der Waals surface area contributed by atoms with E-state index in [1.54, 1.807) is 0 Å². The third-order valence-corrected chi connectivity index (χ3v) is 5.86. The molecule has 4 rings (SSSR count). The maximum atomic E-state index is 12.8. The third-order valence-electron chi connectivity index (χ3n) is 5.86. The van der Waals surface area contributed by atoms with Crippen LogP contribution in [0, 0.1) is 0 Å². The summed E-state index contributed by atoms with van der Waals surface area (Å²) in [6.07, 6.45) is 6.54. The summed E-state index contributed by atoms with van der Waals surface area (Å²) in [6.45, 7) is 3.53. The Morgan fingerprint density at radius 2 is 1.59 bits per heavy atom. The molecule has 2 aromatic carbocycles. The Morgan fingerprint density at radius 1 is 0.862 bits per heavy atom. The van der Waals surface area contributed by atoms with Crippen molar-refractivity contribution in [3.05, 3.63) is 59.7 Å². The van der Waals surface area contributed by atoms with Gasteiger partial charge in [-0.05, 0) is 49.1 Å². The zero-order valence-electron chi connectivity index (χ0n) is 16.9. The molecule has 2 aromatic rings. The highest BCUT2D eigenvalue weighted by Gasteiger charge is 2.20. The third kappa shape index (κ3) is 4.78. The van der Waals surface area contributed by atoms with Gasteiger partial charge in [-0.1, -0.05) is 37.1 Å². The number of benzene rings is 2.